The first-order valence-corrected chi connectivity index (χ1v) is 6.65. The zero-order valence-electron chi connectivity index (χ0n) is 9.25. The van der Waals surface area contributed by atoms with Gasteiger partial charge in [0, 0.05) is 6.54 Å². The van der Waals surface area contributed by atoms with Crippen molar-refractivity contribution in [3.63, 3.8) is 0 Å². The number of nitrogens with two attached hydrogens (primary N) is 1. The van der Waals surface area contributed by atoms with E-state index in [-0.39, 0.29) is 0 Å². The number of aryl methyl sites for hydroxylation is 2. The summed E-state index contributed by atoms with van der Waals surface area (Å²) in [5, 5.41) is 0.961. The monoisotopic (exact) mass is 296 g/mol. The van der Waals surface area contributed by atoms with Crippen molar-refractivity contribution in [3.8, 4) is 10.4 Å². The Hall–Kier alpha value is -0.710. The Balaban J connectivity index is 2.57. The van der Waals surface area contributed by atoms with Gasteiger partial charge in [-0.05, 0) is 40.9 Å². The van der Waals surface area contributed by atoms with E-state index >= 15 is 0 Å². The topological polar surface area (TPSA) is 38.9 Å². The zero-order valence-corrected chi connectivity index (χ0v) is 11.7. The Morgan fingerprint density at radius 1 is 1.38 bits per heavy atom. The van der Waals surface area contributed by atoms with Gasteiger partial charge in [-0.2, -0.15) is 0 Å². The lowest BCUT2D eigenvalue weighted by atomic mass is 10.1. The van der Waals surface area contributed by atoms with E-state index in [0.717, 1.165) is 9.61 Å². The van der Waals surface area contributed by atoms with Gasteiger partial charge in [-0.15, -0.1) is 11.3 Å². The van der Waals surface area contributed by atoms with Crippen molar-refractivity contribution >= 4 is 27.3 Å². The molecule has 0 unspecified atom stereocenters. The molecule has 0 aliphatic rings. The summed E-state index contributed by atoms with van der Waals surface area (Å²) in [5.41, 5.74) is 9.37. The summed E-state index contributed by atoms with van der Waals surface area (Å²) in [7, 11) is 0. The molecule has 1 heterocycles. The zero-order chi connectivity index (χ0) is 11.7. The van der Waals surface area contributed by atoms with Crippen LogP contribution in [-0.4, -0.2) is 4.98 Å². The molecular formula is C12H13BrN2S. The number of halogens is 1. The lowest BCUT2D eigenvalue weighted by Crippen LogP contribution is -1.93. The van der Waals surface area contributed by atoms with Crippen LogP contribution in [0.25, 0.3) is 10.4 Å². The Morgan fingerprint density at radius 2 is 2.12 bits per heavy atom. The molecule has 16 heavy (non-hydrogen) atoms. The maximum Gasteiger partial charge on any atom is 0.125 e. The van der Waals surface area contributed by atoms with E-state index in [9.17, 15) is 0 Å². The predicted octanol–water partition coefficient (Wildman–Crippen LogP) is 3.65. The van der Waals surface area contributed by atoms with E-state index < -0.39 is 0 Å². The molecular weight excluding hydrogens is 284 g/mol. The van der Waals surface area contributed by atoms with E-state index in [0.29, 0.717) is 6.54 Å². The van der Waals surface area contributed by atoms with Gasteiger partial charge in [-0.25, -0.2) is 4.98 Å². The number of thiazole rings is 1. The molecule has 0 aliphatic heterocycles. The van der Waals surface area contributed by atoms with Crippen LogP contribution in [0.3, 0.4) is 0 Å². The number of aromatic nitrogens is 1. The minimum atomic E-state index is 0.494. The molecule has 2 nitrogen and oxygen atoms in total. The van der Waals surface area contributed by atoms with Crippen LogP contribution in [0, 0.1) is 13.8 Å². The molecule has 0 spiro atoms. The van der Waals surface area contributed by atoms with Crippen molar-refractivity contribution in [2.45, 2.75) is 20.4 Å². The van der Waals surface area contributed by atoms with Crippen LogP contribution < -0.4 is 5.73 Å². The molecule has 0 amide bonds. The lowest BCUT2D eigenvalue weighted by Gasteiger charge is -2.04. The molecule has 0 radical (unpaired) electrons. The Labute approximate surface area is 108 Å². The second kappa shape index (κ2) is 4.65. The summed E-state index contributed by atoms with van der Waals surface area (Å²) in [6.07, 6.45) is 0. The minimum absolute atomic E-state index is 0.494. The molecule has 2 N–H and O–H groups in total. The largest absolute Gasteiger partial charge is 0.325 e. The van der Waals surface area contributed by atoms with Crippen LogP contribution in [-0.2, 0) is 6.54 Å². The van der Waals surface area contributed by atoms with Crippen LogP contribution in [0.15, 0.2) is 22.8 Å². The molecule has 0 saturated carbocycles. The molecule has 2 rings (SSSR count). The van der Waals surface area contributed by atoms with Gasteiger partial charge in [-0.3, -0.25) is 0 Å². The third kappa shape index (κ3) is 2.19. The molecule has 2 aromatic rings. The molecule has 4 heteroatoms. The van der Waals surface area contributed by atoms with Gasteiger partial charge in [0.15, 0.2) is 0 Å². The minimum Gasteiger partial charge on any atom is -0.325 e. The van der Waals surface area contributed by atoms with Gasteiger partial charge in [0.25, 0.3) is 0 Å². The van der Waals surface area contributed by atoms with Crippen LogP contribution in [0.2, 0.25) is 0 Å². The fraction of sp³-hybridized carbons (Fsp3) is 0.250. The highest BCUT2D eigenvalue weighted by Crippen LogP contribution is 2.36. The van der Waals surface area contributed by atoms with Crippen LogP contribution in [0.1, 0.15) is 16.1 Å². The van der Waals surface area contributed by atoms with Crippen molar-refractivity contribution in [1.29, 1.82) is 0 Å². The van der Waals surface area contributed by atoms with Crippen molar-refractivity contribution < 1.29 is 0 Å². The van der Waals surface area contributed by atoms with Gasteiger partial charge < -0.3 is 5.73 Å². The normalized spacial score (nSPS) is 10.8. The van der Waals surface area contributed by atoms with Crippen molar-refractivity contribution in [2.75, 3.05) is 0 Å². The van der Waals surface area contributed by atoms with Crippen molar-refractivity contribution in [1.82, 2.24) is 4.98 Å². The number of nitrogens with zero attached hydrogens (tertiary/aromatic N) is 1. The highest BCUT2D eigenvalue weighted by atomic mass is 79.9. The molecule has 0 bridgehead atoms. The summed E-state index contributed by atoms with van der Waals surface area (Å²) >= 11 is 5.15. The van der Waals surface area contributed by atoms with Crippen LogP contribution in [0.5, 0.6) is 0 Å². The lowest BCUT2D eigenvalue weighted by molar-refractivity contribution is 1.03. The smallest absolute Gasteiger partial charge is 0.125 e. The van der Waals surface area contributed by atoms with E-state index in [4.69, 9.17) is 5.73 Å². The van der Waals surface area contributed by atoms with Gasteiger partial charge in [0.2, 0.25) is 0 Å². The second-order valence-electron chi connectivity index (χ2n) is 3.75. The van der Waals surface area contributed by atoms with Crippen LogP contribution >= 0.6 is 27.3 Å². The highest BCUT2D eigenvalue weighted by Gasteiger charge is 2.12. The maximum absolute atomic E-state index is 5.61. The first-order valence-electron chi connectivity index (χ1n) is 5.04. The molecule has 84 valence electrons. The number of hydrogen-bond acceptors (Lipinski definition) is 3. The molecule has 0 fully saturated rings. The van der Waals surface area contributed by atoms with Gasteiger partial charge in [0.05, 0.1) is 4.88 Å². The molecule has 1 aromatic carbocycles. The average Bonchev–Trinajstić information content (AvgIpc) is 2.63. The SMILES string of the molecule is Cc1ccc(C)c(-c2sc(CN)nc2Br)c1. The highest BCUT2D eigenvalue weighted by molar-refractivity contribution is 9.10. The Kier molecular flexibility index (Phi) is 3.42. The van der Waals surface area contributed by atoms with E-state index in [1.807, 2.05) is 0 Å². The molecule has 0 saturated heterocycles. The molecule has 1 aromatic heterocycles. The fourth-order valence-electron chi connectivity index (χ4n) is 1.58. The first-order chi connectivity index (χ1) is 7.61. The predicted molar refractivity (Wildman–Crippen MR) is 72.6 cm³/mol. The van der Waals surface area contributed by atoms with Crippen molar-refractivity contribution in [2.24, 2.45) is 5.73 Å². The first kappa shape index (κ1) is 11.8. The van der Waals surface area contributed by atoms with E-state index in [1.165, 1.54) is 21.6 Å². The third-order valence-corrected chi connectivity index (χ3v) is 4.39. The van der Waals surface area contributed by atoms with Crippen LogP contribution in [0.4, 0.5) is 0 Å². The second-order valence-corrected chi connectivity index (χ2v) is 5.58. The summed E-state index contributed by atoms with van der Waals surface area (Å²) in [4.78, 5) is 5.55. The fourth-order valence-corrected chi connectivity index (χ4v) is 3.28. The van der Waals surface area contributed by atoms with E-state index in [1.54, 1.807) is 11.3 Å². The molecule has 0 atom stereocenters. The number of hydrogen-bond donors (Lipinski definition) is 1. The van der Waals surface area contributed by atoms with Gasteiger partial charge in [-0.1, -0.05) is 23.8 Å². The number of rotatable bonds is 2. The Morgan fingerprint density at radius 3 is 2.75 bits per heavy atom. The molecule has 0 aliphatic carbocycles. The summed E-state index contributed by atoms with van der Waals surface area (Å²) in [6.45, 7) is 4.71. The van der Waals surface area contributed by atoms with Crippen molar-refractivity contribution in [3.05, 3.63) is 38.9 Å². The maximum atomic E-state index is 5.61. The summed E-state index contributed by atoms with van der Waals surface area (Å²) in [6, 6.07) is 6.45. The summed E-state index contributed by atoms with van der Waals surface area (Å²) in [5.74, 6) is 0. The number of benzene rings is 1. The van der Waals surface area contributed by atoms with Gasteiger partial charge in [0.1, 0.15) is 9.61 Å². The van der Waals surface area contributed by atoms with Gasteiger partial charge >= 0.3 is 0 Å². The standard InChI is InChI=1S/C12H13BrN2S/c1-7-3-4-8(2)9(5-7)11-12(13)15-10(6-14)16-11/h3-5H,6,14H2,1-2H3. The average molecular weight is 297 g/mol. The Bertz CT molecular complexity index is 520. The van der Waals surface area contributed by atoms with E-state index in [2.05, 4.69) is 53.0 Å². The third-order valence-electron chi connectivity index (χ3n) is 2.44. The summed E-state index contributed by atoms with van der Waals surface area (Å²) < 4.78 is 0.895. The quantitative estimate of drug-likeness (QED) is 0.919.